The van der Waals surface area contributed by atoms with Crippen molar-refractivity contribution >= 4 is 0 Å². The first-order valence-corrected chi connectivity index (χ1v) is 8.47. The van der Waals surface area contributed by atoms with Gasteiger partial charge in [0, 0.05) is 38.1 Å². The Hall–Kier alpha value is -1.64. The highest BCUT2D eigenvalue weighted by molar-refractivity contribution is 5.42. The number of hydrogen-bond donors (Lipinski definition) is 0. The zero-order valence-electron chi connectivity index (χ0n) is 13.3. The summed E-state index contributed by atoms with van der Waals surface area (Å²) in [4.78, 5) is 5.28. The Morgan fingerprint density at radius 3 is 2.36 bits per heavy atom. The Labute approximate surface area is 133 Å². The summed E-state index contributed by atoms with van der Waals surface area (Å²) < 4.78 is 0. The minimum Gasteiger partial charge on any atom is -0.300 e. The highest BCUT2D eigenvalue weighted by Gasteiger charge is 2.36. The van der Waals surface area contributed by atoms with Crippen molar-refractivity contribution < 1.29 is 0 Å². The van der Waals surface area contributed by atoms with Crippen molar-refractivity contribution in [2.45, 2.75) is 18.9 Å². The van der Waals surface area contributed by atoms with Crippen molar-refractivity contribution in [3.63, 3.8) is 0 Å². The summed E-state index contributed by atoms with van der Waals surface area (Å²) in [6, 6.07) is 20.7. The number of piperazine rings is 1. The van der Waals surface area contributed by atoms with Gasteiger partial charge in [-0.25, -0.2) is 0 Å². The van der Waals surface area contributed by atoms with E-state index in [0.717, 1.165) is 13.1 Å². The SMILES string of the molecule is CCN1CCN2C[C@H](c3ccccc3)c3ccccc3[C@H]2C1. The highest BCUT2D eigenvalue weighted by atomic mass is 15.3. The highest BCUT2D eigenvalue weighted by Crippen LogP contribution is 2.40. The second-order valence-corrected chi connectivity index (χ2v) is 6.50. The van der Waals surface area contributed by atoms with Crippen molar-refractivity contribution in [2.75, 3.05) is 32.7 Å². The lowest BCUT2D eigenvalue weighted by Crippen LogP contribution is -2.51. The second kappa shape index (κ2) is 5.86. The van der Waals surface area contributed by atoms with Gasteiger partial charge in [-0.2, -0.15) is 0 Å². The van der Waals surface area contributed by atoms with Crippen molar-refractivity contribution in [2.24, 2.45) is 0 Å². The predicted molar refractivity (Wildman–Crippen MR) is 91.2 cm³/mol. The van der Waals surface area contributed by atoms with Gasteiger partial charge in [-0.3, -0.25) is 4.90 Å². The van der Waals surface area contributed by atoms with Crippen LogP contribution in [0.4, 0.5) is 0 Å². The van der Waals surface area contributed by atoms with Gasteiger partial charge < -0.3 is 4.90 Å². The maximum absolute atomic E-state index is 2.70. The second-order valence-electron chi connectivity index (χ2n) is 6.50. The summed E-state index contributed by atoms with van der Waals surface area (Å²) in [5, 5.41) is 0. The third kappa shape index (κ3) is 2.37. The van der Waals surface area contributed by atoms with E-state index in [-0.39, 0.29) is 0 Å². The van der Waals surface area contributed by atoms with Crippen LogP contribution in [0.2, 0.25) is 0 Å². The Bertz CT molecular complexity index is 637. The van der Waals surface area contributed by atoms with Gasteiger partial charge in [0.1, 0.15) is 0 Å². The van der Waals surface area contributed by atoms with Gasteiger partial charge >= 0.3 is 0 Å². The molecule has 2 atom stereocenters. The lowest BCUT2D eigenvalue weighted by molar-refractivity contribution is 0.0658. The van der Waals surface area contributed by atoms with E-state index in [0.29, 0.717) is 12.0 Å². The van der Waals surface area contributed by atoms with Gasteiger partial charge in [0.05, 0.1) is 0 Å². The van der Waals surface area contributed by atoms with Crippen LogP contribution >= 0.6 is 0 Å². The predicted octanol–water partition coefficient (Wildman–Crippen LogP) is 3.51. The Morgan fingerprint density at radius 1 is 0.864 bits per heavy atom. The lowest BCUT2D eigenvalue weighted by atomic mass is 9.80. The molecule has 2 aliphatic rings. The van der Waals surface area contributed by atoms with Gasteiger partial charge in [0.15, 0.2) is 0 Å². The summed E-state index contributed by atoms with van der Waals surface area (Å²) in [5.41, 5.74) is 4.53. The molecule has 2 aliphatic heterocycles. The van der Waals surface area contributed by atoms with Crippen molar-refractivity contribution in [3.8, 4) is 0 Å². The summed E-state index contributed by atoms with van der Waals surface area (Å²) in [6.45, 7) is 8.16. The molecule has 22 heavy (non-hydrogen) atoms. The van der Waals surface area contributed by atoms with E-state index < -0.39 is 0 Å². The third-order valence-electron chi connectivity index (χ3n) is 5.37. The molecule has 0 radical (unpaired) electrons. The molecule has 1 saturated heterocycles. The average Bonchev–Trinajstić information content (AvgIpc) is 2.61. The van der Waals surface area contributed by atoms with E-state index in [1.165, 1.54) is 30.8 Å². The minimum atomic E-state index is 0.516. The molecule has 0 bridgehead atoms. The van der Waals surface area contributed by atoms with Crippen LogP contribution in [0.25, 0.3) is 0 Å². The first-order chi connectivity index (χ1) is 10.9. The number of rotatable bonds is 2. The molecule has 4 rings (SSSR count). The molecule has 2 heterocycles. The van der Waals surface area contributed by atoms with Crippen LogP contribution in [-0.2, 0) is 0 Å². The monoisotopic (exact) mass is 292 g/mol. The number of likely N-dealkylation sites (N-methyl/N-ethyl adjacent to an activating group) is 1. The van der Waals surface area contributed by atoms with Crippen LogP contribution in [0.5, 0.6) is 0 Å². The van der Waals surface area contributed by atoms with Crippen LogP contribution in [0.15, 0.2) is 54.6 Å². The lowest BCUT2D eigenvalue weighted by Gasteiger charge is -2.47. The summed E-state index contributed by atoms with van der Waals surface area (Å²) in [7, 11) is 0. The molecule has 0 aliphatic carbocycles. The van der Waals surface area contributed by atoms with E-state index in [9.17, 15) is 0 Å². The molecule has 0 aromatic heterocycles. The first-order valence-electron chi connectivity index (χ1n) is 8.47. The fourth-order valence-electron chi connectivity index (χ4n) is 4.11. The number of hydrogen-bond acceptors (Lipinski definition) is 2. The number of fused-ring (bicyclic) bond motifs is 3. The number of nitrogens with zero attached hydrogens (tertiary/aromatic N) is 2. The summed E-state index contributed by atoms with van der Waals surface area (Å²) >= 11 is 0. The van der Waals surface area contributed by atoms with E-state index in [1.54, 1.807) is 5.56 Å². The summed E-state index contributed by atoms with van der Waals surface area (Å²) in [6.07, 6.45) is 0. The zero-order chi connectivity index (χ0) is 14.9. The first kappa shape index (κ1) is 14.0. The Balaban J connectivity index is 1.75. The van der Waals surface area contributed by atoms with Crippen LogP contribution in [-0.4, -0.2) is 42.5 Å². The van der Waals surface area contributed by atoms with Crippen molar-refractivity contribution in [1.82, 2.24) is 9.80 Å². The Kier molecular flexibility index (Phi) is 3.73. The molecule has 0 unspecified atom stereocenters. The normalized spacial score (nSPS) is 25.5. The fraction of sp³-hybridized carbons (Fsp3) is 0.400. The van der Waals surface area contributed by atoms with E-state index >= 15 is 0 Å². The molecule has 2 nitrogen and oxygen atoms in total. The zero-order valence-corrected chi connectivity index (χ0v) is 13.3. The molecule has 0 amide bonds. The average molecular weight is 292 g/mol. The van der Waals surface area contributed by atoms with Gasteiger partial charge in [0.2, 0.25) is 0 Å². The van der Waals surface area contributed by atoms with Crippen LogP contribution < -0.4 is 0 Å². The number of benzene rings is 2. The molecule has 0 spiro atoms. The topological polar surface area (TPSA) is 6.48 Å². The van der Waals surface area contributed by atoms with Crippen LogP contribution in [0.1, 0.15) is 35.6 Å². The summed E-state index contributed by atoms with van der Waals surface area (Å²) in [5.74, 6) is 0.516. The van der Waals surface area contributed by atoms with Crippen LogP contribution in [0, 0.1) is 0 Å². The maximum Gasteiger partial charge on any atom is 0.0479 e. The molecule has 114 valence electrons. The van der Waals surface area contributed by atoms with Gasteiger partial charge in [-0.1, -0.05) is 61.5 Å². The molecular weight excluding hydrogens is 268 g/mol. The van der Waals surface area contributed by atoms with E-state index in [2.05, 4.69) is 71.3 Å². The van der Waals surface area contributed by atoms with E-state index in [1.807, 2.05) is 0 Å². The van der Waals surface area contributed by atoms with Gasteiger partial charge in [-0.05, 0) is 23.2 Å². The van der Waals surface area contributed by atoms with Crippen LogP contribution in [0.3, 0.4) is 0 Å². The van der Waals surface area contributed by atoms with Crippen molar-refractivity contribution in [3.05, 3.63) is 71.3 Å². The molecule has 2 heteroatoms. The quantitative estimate of drug-likeness (QED) is 0.836. The van der Waals surface area contributed by atoms with E-state index in [4.69, 9.17) is 0 Å². The molecular formula is C20H24N2. The van der Waals surface area contributed by atoms with Gasteiger partial charge in [-0.15, -0.1) is 0 Å². The Morgan fingerprint density at radius 2 is 1.59 bits per heavy atom. The largest absolute Gasteiger partial charge is 0.300 e. The van der Waals surface area contributed by atoms with Crippen molar-refractivity contribution in [1.29, 1.82) is 0 Å². The molecule has 2 aromatic rings. The molecule has 2 aromatic carbocycles. The smallest absolute Gasteiger partial charge is 0.0479 e. The van der Waals surface area contributed by atoms with Gasteiger partial charge in [0.25, 0.3) is 0 Å². The maximum atomic E-state index is 2.70. The molecule has 0 N–H and O–H groups in total. The standard InChI is InChI=1S/C20H24N2/c1-2-21-12-13-22-14-19(16-8-4-3-5-9-16)17-10-6-7-11-18(17)20(22)15-21/h3-11,19-20H,2,12-15H2,1H3/t19-,20-/m1/s1. The molecule has 1 fully saturated rings. The molecule has 0 saturated carbocycles. The third-order valence-corrected chi connectivity index (χ3v) is 5.37. The fourth-order valence-corrected chi connectivity index (χ4v) is 4.11. The minimum absolute atomic E-state index is 0.516.